The van der Waals surface area contributed by atoms with Crippen LogP contribution >= 0.6 is 45.2 Å². The lowest BCUT2D eigenvalue weighted by molar-refractivity contribution is 0.300. The zero-order valence-electron chi connectivity index (χ0n) is 14.4. The minimum absolute atomic E-state index is 0.860. The molecule has 0 bridgehead atoms. The molecule has 132 valence electrons. The van der Waals surface area contributed by atoms with Crippen molar-refractivity contribution in [3.63, 3.8) is 0 Å². The van der Waals surface area contributed by atoms with Gasteiger partial charge in [-0.3, -0.25) is 0 Å². The summed E-state index contributed by atoms with van der Waals surface area (Å²) < 4.78 is 8.51. The zero-order valence-corrected chi connectivity index (χ0v) is 18.7. The molecule has 2 aromatic carbocycles. The van der Waals surface area contributed by atoms with Gasteiger partial charge in [0.1, 0.15) is 17.8 Å². The Kier molecular flexibility index (Phi) is 6.56. The molecule has 0 atom stereocenters. The van der Waals surface area contributed by atoms with E-state index in [0.29, 0.717) is 0 Å². The molecule has 0 aliphatic carbocycles. The highest BCUT2D eigenvalue weighted by atomic mass is 127. The van der Waals surface area contributed by atoms with Crippen LogP contribution in [-0.2, 0) is 0 Å². The first kappa shape index (κ1) is 18.9. The van der Waals surface area contributed by atoms with Crippen molar-refractivity contribution in [2.24, 2.45) is 4.99 Å². The standard InChI is InChI=1S/C19H21I2N3O/c1-13-10-19(25-15-5-6-16(20)17(21)11-15)14(2)9-18(13)22-12-23-24-7-3-4-8-24/h5-6,9-12H,3-4,7-8H2,1-2H3,(H,22,23). The number of halogens is 2. The molecule has 0 amide bonds. The molecule has 1 heterocycles. The lowest BCUT2D eigenvalue weighted by Gasteiger charge is -2.14. The maximum Gasteiger partial charge on any atom is 0.130 e. The summed E-state index contributed by atoms with van der Waals surface area (Å²) in [6.45, 7) is 6.29. The second-order valence-corrected chi connectivity index (χ2v) is 8.49. The molecule has 0 saturated carbocycles. The number of nitrogens with one attached hydrogen (secondary N) is 1. The summed E-state index contributed by atoms with van der Waals surface area (Å²) in [7, 11) is 0. The third-order valence-electron chi connectivity index (χ3n) is 4.16. The second kappa shape index (κ2) is 8.68. The maximum atomic E-state index is 6.08. The molecule has 1 saturated heterocycles. The van der Waals surface area contributed by atoms with Crippen molar-refractivity contribution in [3.8, 4) is 11.5 Å². The third kappa shape index (κ3) is 5.07. The van der Waals surface area contributed by atoms with Crippen LogP contribution < -0.4 is 10.2 Å². The first-order valence-electron chi connectivity index (χ1n) is 8.31. The lowest BCUT2D eigenvalue weighted by atomic mass is 10.1. The fourth-order valence-corrected chi connectivity index (χ4v) is 3.54. The van der Waals surface area contributed by atoms with E-state index in [1.165, 1.54) is 20.0 Å². The molecule has 25 heavy (non-hydrogen) atoms. The van der Waals surface area contributed by atoms with Crippen LogP contribution in [0.4, 0.5) is 5.69 Å². The topological polar surface area (TPSA) is 36.9 Å². The number of hydrogen-bond acceptors (Lipinski definition) is 3. The Hall–Kier alpha value is -0.870. The molecule has 1 N–H and O–H groups in total. The number of aliphatic imine (C=N–C) groups is 1. The van der Waals surface area contributed by atoms with Crippen molar-refractivity contribution in [3.05, 3.63) is 48.6 Å². The summed E-state index contributed by atoms with van der Waals surface area (Å²) in [6, 6.07) is 10.3. The van der Waals surface area contributed by atoms with E-state index in [9.17, 15) is 0 Å². The van der Waals surface area contributed by atoms with Gasteiger partial charge in [-0.15, -0.1) is 0 Å². The normalized spacial score (nSPS) is 15.0. The van der Waals surface area contributed by atoms with Gasteiger partial charge < -0.3 is 10.2 Å². The third-order valence-corrected chi connectivity index (χ3v) is 7.03. The molecule has 1 aliphatic rings. The summed E-state index contributed by atoms with van der Waals surface area (Å²) in [6.07, 6.45) is 4.29. The van der Waals surface area contributed by atoms with Crippen molar-refractivity contribution in [2.45, 2.75) is 26.7 Å². The summed E-state index contributed by atoms with van der Waals surface area (Å²) in [5, 5.41) is 2.20. The van der Waals surface area contributed by atoms with Gasteiger partial charge in [-0.2, -0.15) is 0 Å². The molecule has 0 aromatic heterocycles. The van der Waals surface area contributed by atoms with Crippen LogP contribution in [0.15, 0.2) is 35.3 Å². The average Bonchev–Trinajstić information content (AvgIpc) is 3.09. The van der Waals surface area contributed by atoms with E-state index in [0.717, 1.165) is 41.4 Å². The van der Waals surface area contributed by atoms with Gasteiger partial charge in [0.15, 0.2) is 0 Å². The van der Waals surface area contributed by atoms with E-state index in [1.54, 1.807) is 6.34 Å². The van der Waals surface area contributed by atoms with Gasteiger partial charge in [0.2, 0.25) is 0 Å². The predicted octanol–water partition coefficient (Wildman–Crippen LogP) is 5.57. The predicted molar refractivity (Wildman–Crippen MR) is 120 cm³/mol. The van der Waals surface area contributed by atoms with Crippen molar-refractivity contribution >= 4 is 57.2 Å². The largest absolute Gasteiger partial charge is 0.457 e. The fraction of sp³-hybridized carbons (Fsp3) is 0.316. The lowest BCUT2D eigenvalue weighted by Crippen LogP contribution is -2.33. The van der Waals surface area contributed by atoms with Crippen LogP contribution in [0, 0.1) is 21.0 Å². The quantitative estimate of drug-likeness (QED) is 0.295. The molecule has 6 heteroatoms. The van der Waals surface area contributed by atoms with Crippen LogP contribution in [0.5, 0.6) is 11.5 Å². The highest BCUT2D eigenvalue weighted by Gasteiger charge is 2.10. The molecule has 0 unspecified atom stereocenters. The molecule has 2 aromatic rings. The number of benzene rings is 2. The van der Waals surface area contributed by atoms with Gasteiger partial charge in [-0.05, 0) is 113 Å². The highest BCUT2D eigenvalue weighted by Crippen LogP contribution is 2.32. The van der Waals surface area contributed by atoms with Crippen molar-refractivity contribution in [1.29, 1.82) is 0 Å². The van der Waals surface area contributed by atoms with E-state index in [-0.39, 0.29) is 0 Å². The molecule has 3 rings (SSSR count). The van der Waals surface area contributed by atoms with Gasteiger partial charge in [0, 0.05) is 20.2 Å². The van der Waals surface area contributed by atoms with Crippen molar-refractivity contribution in [1.82, 2.24) is 10.4 Å². The zero-order chi connectivity index (χ0) is 17.8. The Balaban J connectivity index is 1.72. The van der Waals surface area contributed by atoms with E-state index >= 15 is 0 Å². The first-order valence-corrected chi connectivity index (χ1v) is 10.5. The Morgan fingerprint density at radius 3 is 2.52 bits per heavy atom. The average molecular weight is 561 g/mol. The minimum Gasteiger partial charge on any atom is -0.457 e. The number of ether oxygens (including phenoxy) is 1. The molecule has 0 radical (unpaired) electrons. The van der Waals surface area contributed by atoms with Crippen LogP contribution in [0.2, 0.25) is 0 Å². The van der Waals surface area contributed by atoms with Crippen LogP contribution in [-0.4, -0.2) is 24.4 Å². The Morgan fingerprint density at radius 2 is 1.80 bits per heavy atom. The van der Waals surface area contributed by atoms with E-state index in [4.69, 9.17) is 4.74 Å². The summed E-state index contributed by atoms with van der Waals surface area (Å²) in [5.74, 6) is 1.74. The molecule has 0 spiro atoms. The Morgan fingerprint density at radius 1 is 1.04 bits per heavy atom. The fourth-order valence-electron chi connectivity index (χ4n) is 2.72. The van der Waals surface area contributed by atoms with Crippen LogP contribution in [0.3, 0.4) is 0 Å². The molecular formula is C19H21I2N3O. The van der Waals surface area contributed by atoms with E-state index in [1.807, 2.05) is 6.07 Å². The van der Waals surface area contributed by atoms with Gasteiger partial charge in [0.05, 0.1) is 5.69 Å². The van der Waals surface area contributed by atoms with Crippen LogP contribution in [0.1, 0.15) is 24.0 Å². The van der Waals surface area contributed by atoms with Gasteiger partial charge >= 0.3 is 0 Å². The molecular weight excluding hydrogens is 540 g/mol. The Labute approximate surface area is 176 Å². The SMILES string of the molecule is Cc1cc(Oc2ccc(I)c(I)c2)c(C)cc1N=CNN1CCCC1. The molecule has 1 fully saturated rings. The number of rotatable bonds is 5. The monoisotopic (exact) mass is 561 g/mol. The minimum atomic E-state index is 0.860. The maximum absolute atomic E-state index is 6.08. The van der Waals surface area contributed by atoms with E-state index in [2.05, 4.69) is 98.7 Å². The number of aryl methyl sites for hydroxylation is 2. The summed E-state index contributed by atoms with van der Waals surface area (Å²) in [5.41, 5.74) is 6.39. The van der Waals surface area contributed by atoms with Crippen molar-refractivity contribution < 1.29 is 4.74 Å². The number of hydrogen-bond donors (Lipinski definition) is 1. The van der Waals surface area contributed by atoms with Gasteiger partial charge in [0.25, 0.3) is 0 Å². The van der Waals surface area contributed by atoms with E-state index < -0.39 is 0 Å². The Bertz CT molecular complexity index is 786. The molecule has 4 nitrogen and oxygen atoms in total. The summed E-state index contributed by atoms with van der Waals surface area (Å²) >= 11 is 4.65. The first-order chi connectivity index (χ1) is 12.0. The summed E-state index contributed by atoms with van der Waals surface area (Å²) in [4.78, 5) is 4.57. The second-order valence-electron chi connectivity index (χ2n) is 6.16. The molecule has 1 aliphatic heterocycles. The smallest absolute Gasteiger partial charge is 0.130 e. The number of nitrogens with zero attached hydrogens (tertiary/aromatic N) is 2. The van der Waals surface area contributed by atoms with Crippen LogP contribution in [0.25, 0.3) is 0 Å². The number of hydrazine groups is 1. The van der Waals surface area contributed by atoms with Crippen molar-refractivity contribution in [2.75, 3.05) is 13.1 Å². The van der Waals surface area contributed by atoms with Gasteiger partial charge in [-0.25, -0.2) is 10.0 Å². The van der Waals surface area contributed by atoms with Gasteiger partial charge in [-0.1, -0.05) is 0 Å². The highest BCUT2D eigenvalue weighted by molar-refractivity contribution is 14.1.